The number of aryl methyl sites for hydroxylation is 1. The van der Waals surface area contributed by atoms with E-state index in [1.54, 1.807) is 6.07 Å². The van der Waals surface area contributed by atoms with Gasteiger partial charge in [-0.05, 0) is 43.5 Å². The minimum absolute atomic E-state index is 0.0991. The van der Waals surface area contributed by atoms with E-state index in [0.717, 1.165) is 11.1 Å². The molecule has 4 rings (SSSR count). The van der Waals surface area contributed by atoms with Gasteiger partial charge in [-0.15, -0.1) is 0 Å². The van der Waals surface area contributed by atoms with Crippen molar-refractivity contribution in [3.8, 4) is 0 Å². The molecular weight excluding hydrogens is 419 g/mol. The molecule has 2 fully saturated rings. The van der Waals surface area contributed by atoms with E-state index in [9.17, 15) is 17.6 Å². The second-order valence-corrected chi connectivity index (χ2v) is 10.5. The Balaban J connectivity index is 1.56. The van der Waals surface area contributed by atoms with Crippen LogP contribution >= 0.6 is 0 Å². The number of halogens is 1. The van der Waals surface area contributed by atoms with E-state index in [1.165, 1.54) is 22.5 Å². The van der Waals surface area contributed by atoms with Crippen molar-refractivity contribution in [2.75, 3.05) is 31.6 Å². The number of amides is 1. The fourth-order valence-electron chi connectivity index (χ4n) is 4.56. The zero-order chi connectivity index (χ0) is 22.1. The molecule has 1 amide bonds. The predicted molar refractivity (Wildman–Crippen MR) is 116 cm³/mol. The zero-order valence-corrected chi connectivity index (χ0v) is 18.3. The first-order chi connectivity index (χ1) is 14.8. The largest absolute Gasteiger partial charge is 0.381 e. The monoisotopic (exact) mass is 446 g/mol. The van der Waals surface area contributed by atoms with Crippen LogP contribution in [-0.2, 0) is 25.3 Å². The van der Waals surface area contributed by atoms with Gasteiger partial charge < -0.3 is 10.1 Å². The smallest absolute Gasteiger partial charge is 0.229 e. The molecule has 6 nitrogen and oxygen atoms in total. The van der Waals surface area contributed by atoms with Crippen molar-refractivity contribution < 1.29 is 22.3 Å². The topological polar surface area (TPSA) is 75.7 Å². The lowest BCUT2D eigenvalue weighted by Gasteiger charge is -2.37. The maximum Gasteiger partial charge on any atom is 0.229 e. The molecule has 0 aliphatic carbocycles. The summed E-state index contributed by atoms with van der Waals surface area (Å²) in [5.41, 5.74) is 1.68. The number of sulfonamides is 1. The average molecular weight is 447 g/mol. The van der Waals surface area contributed by atoms with Crippen molar-refractivity contribution in [2.24, 2.45) is 11.3 Å². The summed E-state index contributed by atoms with van der Waals surface area (Å²) in [4.78, 5) is 13.2. The fourth-order valence-corrected chi connectivity index (χ4v) is 6.19. The van der Waals surface area contributed by atoms with Crippen LogP contribution in [0.5, 0.6) is 0 Å². The molecule has 0 bridgehead atoms. The highest BCUT2D eigenvalue weighted by Crippen LogP contribution is 2.46. The lowest BCUT2D eigenvalue weighted by molar-refractivity contribution is -0.124. The molecule has 2 aliphatic heterocycles. The second kappa shape index (κ2) is 8.68. The SMILES string of the molecule is Cc1ccc(CS(=O)(=O)N2C[C@H](C(=O)Nc3cccc(F)c3)C3(CCOCC3)C2)cc1. The first-order valence-electron chi connectivity index (χ1n) is 10.5. The minimum atomic E-state index is -3.59. The fraction of sp³-hybridized carbons (Fsp3) is 0.435. The molecule has 2 heterocycles. The van der Waals surface area contributed by atoms with Gasteiger partial charge in [0, 0.05) is 37.4 Å². The third-order valence-electron chi connectivity index (χ3n) is 6.38. The Kier molecular flexibility index (Phi) is 6.14. The third kappa shape index (κ3) is 4.81. The van der Waals surface area contributed by atoms with Gasteiger partial charge in [-0.25, -0.2) is 17.1 Å². The Morgan fingerprint density at radius 1 is 1.19 bits per heavy atom. The molecular formula is C23H27FN2O4S. The molecule has 166 valence electrons. The van der Waals surface area contributed by atoms with Crippen molar-refractivity contribution in [3.05, 3.63) is 65.5 Å². The molecule has 2 aromatic rings. The number of carbonyl (C=O) groups excluding carboxylic acids is 1. The molecule has 31 heavy (non-hydrogen) atoms. The minimum Gasteiger partial charge on any atom is -0.381 e. The number of rotatable bonds is 5. The molecule has 2 aromatic carbocycles. The lowest BCUT2D eigenvalue weighted by atomic mass is 9.72. The summed E-state index contributed by atoms with van der Waals surface area (Å²) < 4.78 is 46.9. The Bertz CT molecular complexity index is 1050. The van der Waals surface area contributed by atoms with Gasteiger partial charge in [0.2, 0.25) is 15.9 Å². The molecule has 0 radical (unpaired) electrons. The van der Waals surface area contributed by atoms with Crippen molar-refractivity contribution in [1.82, 2.24) is 4.31 Å². The van der Waals surface area contributed by atoms with E-state index < -0.39 is 27.2 Å². The third-order valence-corrected chi connectivity index (χ3v) is 8.14. The van der Waals surface area contributed by atoms with Gasteiger partial charge in [0.15, 0.2) is 0 Å². The van der Waals surface area contributed by atoms with E-state index in [0.29, 0.717) is 38.3 Å². The van der Waals surface area contributed by atoms with E-state index in [-0.39, 0.29) is 18.2 Å². The highest BCUT2D eigenvalue weighted by atomic mass is 32.2. The first kappa shape index (κ1) is 21.9. The average Bonchev–Trinajstić information content (AvgIpc) is 3.10. The molecule has 8 heteroatoms. The van der Waals surface area contributed by atoms with Gasteiger partial charge >= 0.3 is 0 Å². The number of hydrogen-bond acceptors (Lipinski definition) is 4. The van der Waals surface area contributed by atoms with E-state index in [4.69, 9.17) is 4.74 Å². The number of ether oxygens (including phenoxy) is 1. The van der Waals surface area contributed by atoms with Crippen molar-refractivity contribution in [2.45, 2.75) is 25.5 Å². The van der Waals surface area contributed by atoms with Crippen molar-refractivity contribution in [1.29, 1.82) is 0 Å². The van der Waals surface area contributed by atoms with Gasteiger partial charge in [0.25, 0.3) is 0 Å². The van der Waals surface area contributed by atoms with E-state index in [1.807, 2.05) is 31.2 Å². The van der Waals surface area contributed by atoms with Crippen LogP contribution in [0.4, 0.5) is 10.1 Å². The Morgan fingerprint density at radius 3 is 2.58 bits per heavy atom. The molecule has 2 aliphatic rings. The van der Waals surface area contributed by atoms with Gasteiger partial charge in [0.1, 0.15) is 5.82 Å². The molecule has 1 atom stereocenters. The number of benzene rings is 2. The summed E-state index contributed by atoms with van der Waals surface area (Å²) in [6.07, 6.45) is 1.23. The van der Waals surface area contributed by atoms with Crippen LogP contribution in [0.15, 0.2) is 48.5 Å². The summed E-state index contributed by atoms with van der Waals surface area (Å²) >= 11 is 0. The van der Waals surface area contributed by atoms with Crippen LogP contribution in [0, 0.1) is 24.1 Å². The summed E-state index contributed by atoms with van der Waals surface area (Å²) in [6, 6.07) is 13.2. The summed E-state index contributed by atoms with van der Waals surface area (Å²) in [5, 5.41) is 2.78. The lowest BCUT2D eigenvalue weighted by Crippen LogP contribution is -2.42. The number of carbonyl (C=O) groups is 1. The van der Waals surface area contributed by atoms with Gasteiger partial charge in [-0.2, -0.15) is 0 Å². The molecule has 0 saturated carbocycles. The summed E-state index contributed by atoms with van der Waals surface area (Å²) in [6.45, 7) is 3.36. The van der Waals surface area contributed by atoms with Gasteiger partial charge in [0.05, 0.1) is 11.7 Å². The van der Waals surface area contributed by atoms with Gasteiger partial charge in [-0.3, -0.25) is 4.79 Å². The number of hydrogen-bond donors (Lipinski definition) is 1. The Morgan fingerprint density at radius 2 is 1.90 bits per heavy atom. The predicted octanol–water partition coefficient (Wildman–Crippen LogP) is 3.33. The summed E-state index contributed by atoms with van der Waals surface area (Å²) in [5.74, 6) is -1.33. The number of anilines is 1. The highest BCUT2D eigenvalue weighted by molar-refractivity contribution is 7.88. The Hall–Kier alpha value is -2.29. The maximum absolute atomic E-state index is 13.5. The van der Waals surface area contributed by atoms with Crippen LogP contribution in [0.25, 0.3) is 0 Å². The van der Waals surface area contributed by atoms with Crippen LogP contribution in [-0.4, -0.2) is 44.9 Å². The molecule has 1 N–H and O–H groups in total. The Labute approximate surface area is 182 Å². The summed E-state index contributed by atoms with van der Waals surface area (Å²) in [7, 11) is -3.59. The number of nitrogens with zero attached hydrogens (tertiary/aromatic N) is 1. The zero-order valence-electron chi connectivity index (χ0n) is 17.5. The standard InChI is InChI=1S/C23H27FN2O4S/c1-17-5-7-18(8-6-17)15-31(28,29)26-14-21(23(16-26)9-11-30-12-10-23)22(27)25-20-4-2-3-19(24)13-20/h2-8,13,21H,9-12,14-16H2,1H3,(H,25,27)/t21-/m1/s1. The molecule has 0 unspecified atom stereocenters. The quantitative estimate of drug-likeness (QED) is 0.765. The molecule has 0 aromatic heterocycles. The maximum atomic E-state index is 13.5. The normalized spacial score (nSPS) is 21.3. The first-order valence-corrected chi connectivity index (χ1v) is 12.1. The second-order valence-electron chi connectivity index (χ2n) is 8.56. The number of nitrogens with one attached hydrogen (secondary N) is 1. The van der Waals surface area contributed by atoms with E-state index >= 15 is 0 Å². The molecule has 1 spiro atoms. The van der Waals surface area contributed by atoms with Crippen LogP contribution in [0.2, 0.25) is 0 Å². The highest BCUT2D eigenvalue weighted by Gasteiger charge is 2.53. The van der Waals surface area contributed by atoms with Crippen molar-refractivity contribution in [3.63, 3.8) is 0 Å². The van der Waals surface area contributed by atoms with E-state index in [2.05, 4.69) is 5.32 Å². The van der Waals surface area contributed by atoms with Gasteiger partial charge in [-0.1, -0.05) is 35.9 Å². The van der Waals surface area contributed by atoms with Crippen molar-refractivity contribution >= 4 is 21.6 Å². The van der Waals surface area contributed by atoms with Crippen LogP contribution < -0.4 is 5.32 Å². The van der Waals surface area contributed by atoms with Crippen LogP contribution in [0.1, 0.15) is 24.0 Å². The molecule has 2 saturated heterocycles. The van der Waals surface area contributed by atoms with Crippen LogP contribution in [0.3, 0.4) is 0 Å².